The Morgan fingerprint density at radius 3 is 2.38 bits per heavy atom. The highest BCUT2D eigenvalue weighted by atomic mass is 16.3. The lowest BCUT2D eigenvalue weighted by Crippen LogP contribution is -2.35. The standard InChI is InChI=1S/C14H21NO/c1-15(11-12-5-3-2-4-6-12)13-7-9-14(16)10-8-13/h2-6,13-14,16H,7-11H2,1H3. The van der Waals surface area contributed by atoms with E-state index in [1.165, 1.54) is 5.56 Å². The van der Waals surface area contributed by atoms with Crippen LogP contribution in [-0.4, -0.2) is 29.2 Å². The van der Waals surface area contributed by atoms with Crippen LogP contribution in [0.15, 0.2) is 30.3 Å². The maximum Gasteiger partial charge on any atom is 0.0541 e. The molecule has 2 nitrogen and oxygen atoms in total. The van der Waals surface area contributed by atoms with Crippen LogP contribution in [0.5, 0.6) is 0 Å². The summed E-state index contributed by atoms with van der Waals surface area (Å²) in [4.78, 5) is 2.42. The largest absolute Gasteiger partial charge is 0.393 e. The van der Waals surface area contributed by atoms with E-state index in [9.17, 15) is 5.11 Å². The predicted octanol–water partition coefficient (Wildman–Crippen LogP) is 2.42. The highest BCUT2D eigenvalue weighted by Crippen LogP contribution is 2.23. The van der Waals surface area contributed by atoms with Crippen molar-refractivity contribution in [2.24, 2.45) is 0 Å². The molecule has 1 aliphatic rings. The van der Waals surface area contributed by atoms with E-state index in [2.05, 4.69) is 42.3 Å². The van der Waals surface area contributed by atoms with Crippen molar-refractivity contribution >= 4 is 0 Å². The van der Waals surface area contributed by atoms with Crippen molar-refractivity contribution in [1.29, 1.82) is 0 Å². The van der Waals surface area contributed by atoms with Crippen molar-refractivity contribution in [1.82, 2.24) is 4.90 Å². The van der Waals surface area contributed by atoms with E-state index < -0.39 is 0 Å². The molecule has 0 saturated heterocycles. The second-order valence-corrected chi connectivity index (χ2v) is 4.86. The van der Waals surface area contributed by atoms with Crippen LogP contribution in [0.2, 0.25) is 0 Å². The highest BCUT2D eigenvalue weighted by Gasteiger charge is 2.22. The van der Waals surface area contributed by atoms with Crippen molar-refractivity contribution < 1.29 is 5.11 Å². The quantitative estimate of drug-likeness (QED) is 0.844. The summed E-state index contributed by atoms with van der Waals surface area (Å²) in [6.07, 6.45) is 4.13. The molecule has 1 saturated carbocycles. The van der Waals surface area contributed by atoms with E-state index in [1.54, 1.807) is 0 Å². The number of benzene rings is 1. The molecular formula is C14H21NO. The average molecular weight is 219 g/mol. The Kier molecular flexibility index (Phi) is 3.97. The van der Waals surface area contributed by atoms with Crippen molar-refractivity contribution in [3.05, 3.63) is 35.9 Å². The van der Waals surface area contributed by atoms with Crippen LogP contribution in [0.1, 0.15) is 31.2 Å². The van der Waals surface area contributed by atoms with Crippen LogP contribution in [0.25, 0.3) is 0 Å². The molecule has 88 valence electrons. The van der Waals surface area contributed by atoms with Crippen LogP contribution >= 0.6 is 0 Å². The molecular weight excluding hydrogens is 198 g/mol. The fourth-order valence-corrected chi connectivity index (χ4v) is 2.50. The number of hydrogen-bond acceptors (Lipinski definition) is 2. The molecule has 0 spiro atoms. The van der Waals surface area contributed by atoms with Gasteiger partial charge in [-0.3, -0.25) is 4.90 Å². The van der Waals surface area contributed by atoms with Gasteiger partial charge in [0, 0.05) is 12.6 Å². The number of nitrogens with zero attached hydrogens (tertiary/aromatic N) is 1. The maximum atomic E-state index is 9.48. The summed E-state index contributed by atoms with van der Waals surface area (Å²) in [7, 11) is 2.19. The summed E-state index contributed by atoms with van der Waals surface area (Å²) >= 11 is 0. The molecule has 1 aliphatic carbocycles. The third kappa shape index (κ3) is 3.06. The normalized spacial score (nSPS) is 25.9. The molecule has 1 N–H and O–H groups in total. The van der Waals surface area contributed by atoms with Gasteiger partial charge in [-0.2, -0.15) is 0 Å². The van der Waals surface area contributed by atoms with E-state index in [0.717, 1.165) is 32.2 Å². The molecule has 0 heterocycles. The van der Waals surface area contributed by atoms with Gasteiger partial charge in [-0.05, 0) is 38.3 Å². The number of aliphatic hydroxyl groups is 1. The number of rotatable bonds is 3. The molecule has 0 amide bonds. The topological polar surface area (TPSA) is 23.5 Å². The Morgan fingerprint density at radius 2 is 1.75 bits per heavy atom. The van der Waals surface area contributed by atoms with Gasteiger partial charge in [0.05, 0.1) is 6.10 Å². The smallest absolute Gasteiger partial charge is 0.0541 e. The molecule has 1 aromatic rings. The highest BCUT2D eigenvalue weighted by molar-refractivity contribution is 5.14. The third-order valence-electron chi connectivity index (χ3n) is 3.56. The van der Waals surface area contributed by atoms with Gasteiger partial charge in [-0.25, -0.2) is 0 Å². The molecule has 0 radical (unpaired) electrons. The summed E-state index contributed by atoms with van der Waals surface area (Å²) in [5.41, 5.74) is 1.37. The van der Waals surface area contributed by atoms with Crippen molar-refractivity contribution in [2.75, 3.05) is 7.05 Å². The molecule has 2 heteroatoms. The molecule has 2 rings (SSSR count). The monoisotopic (exact) mass is 219 g/mol. The van der Waals surface area contributed by atoms with Gasteiger partial charge in [0.1, 0.15) is 0 Å². The van der Waals surface area contributed by atoms with Crippen LogP contribution in [-0.2, 0) is 6.54 Å². The van der Waals surface area contributed by atoms with Gasteiger partial charge in [-0.15, -0.1) is 0 Å². The van der Waals surface area contributed by atoms with Gasteiger partial charge in [0.25, 0.3) is 0 Å². The zero-order chi connectivity index (χ0) is 11.4. The lowest BCUT2D eigenvalue weighted by molar-refractivity contribution is 0.0818. The average Bonchev–Trinajstić information content (AvgIpc) is 2.31. The zero-order valence-corrected chi connectivity index (χ0v) is 9.97. The van der Waals surface area contributed by atoms with Gasteiger partial charge in [0.15, 0.2) is 0 Å². The number of hydrogen-bond donors (Lipinski definition) is 1. The van der Waals surface area contributed by atoms with Crippen LogP contribution in [0, 0.1) is 0 Å². The van der Waals surface area contributed by atoms with Crippen LogP contribution < -0.4 is 0 Å². The molecule has 0 unspecified atom stereocenters. The first-order valence-corrected chi connectivity index (χ1v) is 6.18. The minimum absolute atomic E-state index is 0.0543. The molecule has 1 fully saturated rings. The summed E-state index contributed by atoms with van der Waals surface area (Å²) in [5, 5.41) is 9.48. The zero-order valence-electron chi connectivity index (χ0n) is 9.97. The molecule has 0 aliphatic heterocycles. The number of aliphatic hydroxyl groups excluding tert-OH is 1. The Labute approximate surface area is 97.9 Å². The molecule has 16 heavy (non-hydrogen) atoms. The van der Waals surface area contributed by atoms with Crippen molar-refractivity contribution in [2.45, 2.75) is 44.4 Å². The van der Waals surface area contributed by atoms with Gasteiger partial charge >= 0.3 is 0 Å². The van der Waals surface area contributed by atoms with E-state index in [4.69, 9.17) is 0 Å². The van der Waals surface area contributed by atoms with Crippen molar-refractivity contribution in [3.63, 3.8) is 0 Å². The van der Waals surface area contributed by atoms with E-state index in [0.29, 0.717) is 6.04 Å². The second-order valence-electron chi connectivity index (χ2n) is 4.86. The summed E-state index contributed by atoms with van der Waals surface area (Å²) in [6, 6.07) is 11.2. The Hall–Kier alpha value is -0.860. The summed E-state index contributed by atoms with van der Waals surface area (Å²) < 4.78 is 0. The first kappa shape index (κ1) is 11.6. The Bertz CT molecular complexity index is 304. The van der Waals surface area contributed by atoms with Crippen molar-refractivity contribution in [3.8, 4) is 0 Å². The fourth-order valence-electron chi connectivity index (χ4n) is 2.50. The fraction of sp³-hybridized carbons (Fsp3) is 0.571. The Balaban J connectivity index is 1.86. The summed E-state index contributed by atoms with van der Waals surface area (Å²) in [6.45, 7) is 1.02. The third-order valence-corrected chi connectivity index (χ3v) is 3.56. The maximum absolute atomic E-state index is 9.48. The van der Waals surface area contributed by atoms with Crippen LogP contribution in [0.3, 0.4) is 0 Å². The van der Waals surface area contributed by atoms with Gasteiger partial charge in [0.2, 0.25) is 0 Å². The molecule has 0 bridgehead atoms. The lowest BCUT2D eigenvalue weighted by Gasteiger charge is -2.33. The minimum Gasteiger partial charge on any atom is -0.393 e. The molecule has 1 aromatic carbocycles. The summed E-state index contributed by atoms with van der Waals surface area (Å²) in [5.74, 6) is 0. The van der Waals surface area contributed by atoms with E-state index >= 15 is 0 Å². The second kappa shape index (κ2) is 5.46. The minimum atomic E-state index is -0.0543. The first-order valence-electron chi connectivity index (χ1n) is 6.18. The van der Waals surface area contributed by atoms with Gasteiger partial charge in [-0.1, -0.05) is 30.3 Å². The molecule has 0 atom stereocenters. The van der Waals surface area contributed by atoms with E-state index in [1.807, 2.05) is 0 Å². The SMILES string of the molecule is CN(Cc1ccccc1)C1CCC(O)CC1. The predicted molar refractivity (Wildman–Crippen MR) is 66.2 cm³/mol. The first-order chi connectivity index (χ1) is 7.75. The van der Waals surface area contributed by atoms with E-state index in [-0.39, 0.29) is 6.10 Å². The van der Waals surface area contributed by atoms with Crippen LogP contribution in [0.4, 0.5) is 0 Å². The Morgan fingerprint density at radius 1 is 1.12 bits per heavy atom. The lowest BCUT2D eigenvalue weighted by atomic mass is 9.92. The van der Waals surface area contributed by atoms with Gasteiger partial charge < -0.3 is 5.11 Å². The molecule has 0 aromatic heterocycles.